The molecule has 1 heterocycles. The highest BCUT2D eigenvalue weighted by Gasteiger charge is 2.37. The van der Waals surface area contributed by atoms with Gasteiger partial charge in [-0.15, -0.1) is 0 Å². The molecule has 20 heavy (non-hydrogen) atoms. The molecular formula is C15H23NO3S. The lowest BCUT2D eigenvalue weighted by Crippen LogP contribution is -2.36. The monoisotopic (exact) mass is 297 g/mol. The van der Waals surface area contributed by atoms with Gasteiger partial charge in [-0.25, -0.2) is 8.42 Å². The van der Waals surface area contributed by atoms with Gasteiger partial charge in [-0.1, -0.05) is 37.3 Å². The molecule has 0 spiro atoms. The highest BCUT2D eigenvalue weighted by molar-refractivity contribution is 7.92. The van der Waals surface area contributed by atoms with Crippen molar-refractivity contribution in [3.8, 4) is 0 Å². The first-order valence-corrected chi connectivity index (χ1v) is 8.87. The third-order valence-electron chi connectivity index (χ3n) is 3.82. The van der Waals surface area contributed by atoms with E-state index >= 15 is 0 Å². The maximum atomic E-state index is 12.6. The third-order valence-corrected chi connectivity index (χ3v) is 6.16. The molecule has 0 amide bonds. The summed E-state index contributed by atoms with van der Waals surface area (Å²) in [7, 11) is -3.17. The number of benzene rings is 1. The zero-order valence-electron chi connectivity index (χ0n) is 12.1. The van der Waals surface area contributed by atoms with Gasteiger partial charge >= 0.3 is 0 Å². The molecule has 3 unspecified atom stereocenters. The van der Waals surface area contributed by atoms with E-state index in [1.165, 1.54) is 0 Å². The van der Waals surface area contributed by atoms with E-state index < -0.39 is 9.84 Å². The second kappa shape index (κ2) is 6.70. The van der Waals surface area contributed by atoms with Gasteiger partial charge in [0.15, 0.2) is 9.84 Å². The molecule has 0 saturated carbocycles. The van der Waals surface area contributed by atoms with Crippen molar-refractivity contribution >= 4 is 9.84 Å². The summed E-state index contributed by atoms with van der Waals surface area (Å²) >= 11 is 0. The van der Waals surface area contributed by atoms with Crippen LogP contribution in [0.25, 0.3) is 0 Å². The van der Waals surface area contributed by atoms with Crippen molar-refractivity contribution in [3.05, 3.63) is 35.9 Å². The van der Waals surface area contributed by atoms with Crippen molar-refractivity contribution in [2.45, 2.75) is 37.7 Å². The van der Waals surface area contributed by atoms with E-state index in [1.807, 2.05) is 44.2 Å². The molecule has 1 N–H and O–H groups in total. The van der Waals surface area contributed by atoms with Crippen molar-refractivity contribution in [2.24, 2.45) is 0 Å². The summed E-state index contributed by atoms with van der Waals surface area (Å²) in [5, 5.41) is 2.91. The summed E-state index contributed by atoms with van der Waals surface area (Å²) in [5.41, 5.74) is 1.02. The van der Waals surface area contributed by atoms with Crippen LogP contribution in [-0.2, 0) is 14.6 Å². The van der Waals surface area contributed by atoms with Gasteiger partial charge in [-0.2, -0.15) is 0 Å². The zero-order chi connectivity index (χ0) is 14.6. The highest BCUT2D eigenvalue weighted by atomic mass is 32.2. The number of ether oxygens (including phenoxy) is 1. The normalized spacial score (nSPS) is 24.7. The van der Waals surface area contributed by atoms with Crippen LogP contribution in [0.5, 0.6) is 0 Å². The van der Waals surface area contributed by atoms with Gasteiger partial charge in [-0.05, 0) is 25.5 Å². The van der Waals surface area contributed by atoms with Crippen molar-refractivity contribution in [2.75, 3.05) is 18.9 Å². The lowest BCUT2D eigenvalue weighted by molar-refractivity contribution is 0.126. The standard InChI is InChI=1S/C15H23NO3S/c1-3-16-14(13-7-5-4-6-8-13)11-20(17,18)15-9-10-19-12(15)2/h4-8,12,14-16H,3,9-11H2,1-2H3. The predicted molar refractivity (Wildman–Crippen MR) is 80.5 cm³/mol. The molecule has 0 radical (unpaired) electrons. The van der Waals surface area contributed by atoms with Crippen LogP contribution in [0.15, 0.2) is 30.3 Å². The van der Waals surface area contributed by atoms with Crippen LogP contribution in [0.4, 0.5) is 0 Å². The van der Waals surface area contributed by atoms with Crippen molar-refractivity contribution in [3.63, 3.8) is 0 Å². The maximum Gasteiger partial charge on any atom is 0.157 e. The Hall–Kier alpha value is -0.910. The van der Waals surface area contributed by atoms with Crippen LogP contribution in [-0.4, -0.2) is 38.7 Å². The van der Waals surface area contributed by atoms with E-state index in [2.05, 4.69) is 5.32 Å². The summed E-state index contributed by atoms with van der Waals surface area (Å²) < 4.78 is 30.6. The summed E-state index contributed by atoms with van der Waals surface area (Å²) in [6, 6.07) is 9.60. The van der Waals surface area contributed by atoms with E-state index in [4.69, 9.17) is 4.74 Å². The fraction of sp³-hybridized carbons (Fsp3) is 0.600. The van der Waals surface area contributed by atoms with Crippen LogP contribution in [0.1, 0.15) is 31.9 Å². The van der Waals surface area contributed by atoms with E-state index in [0.717, 1.165) is 12.1 Å². The molecule has 5 heteroatoms. The lowest BCUT2D eigenvalue weighted by Gasteiger charge is -2.22. The minimum atomic E-state index is -3.17. The smallest absolute Gasteiger partial charge is 0.157 e. The van der Waals surface area contributed by atoms with Crippen LogP contribution in [0, 0.1) is 0 Å². The Bertz CT molecular complexity index is 515. The zero-order valence-corrected chi connectivity index (χ0v) is 12.9. The SMILES string of the molecule is CCNC(CS(=O)(=O)C1CCOC1C)c1ccccc1. The van der Waals surface area contributed by atoms with E-state index in [1.54, 1.807) is 0 Å². The molecule has 2 rings (SSSR count). The van der Waals surface area contributed by atoms with Gasteiger partial charge in [0, 0.05) is 12.6 Å². The Kier molecular flexibility index (Phi) is 5.18. The Morgan fingerprint density at radius 2 is 2.05 bits per heavy atom. The first-order chi connectivity index (χ1) is 9.54. The molecule has 0 aromatic heterocycles. The first kappa shape index (κ1) is 15.5. The highest BCUT2D eigenvalue weighted by Crippen LogP contribution is 2.25. The topological polar surface area (TPSA) is 55.4 Å². The molecule has 1 aromatic rings. The van der Waals surface area contributed by atoms with E-state index in [-0.39, 0.29) is 23.1 Å². The molecule has 3 atom stereocenters. The summed E-state index contributed by atoms with van der Waals surface area (Å²) in [6.07, 6.45) is 0.412. The fourth-order valence-corrected chi connectivity index (χ4v) is 4.88. The molecule has 0 aliphatic carbocycles. The van der Waals surface area contributed by atoms with Crippen LogP contribution in [0.3, 0.4) is 0 Å². The molecule has 1 aliphatic heterocycles. The second-order valence-corrected chi connectivity index (χ2v) is 7.52. The molecule has 1 saturated heterocycles. The number of hydrogen-bond acceptors (Lipinski definition) is 4. The van der Waals surface area contributed by atoms with E-state index in [0.29, 0.717) is 13.0 Å². The molecule has 112 valence electrons. The van der Waals surface area contributed by atoms with Gasteiger partial charge in [0.1, 0.15) is 0 Å². The average Bonchev–Trinajstić information content (AvgIpc) is 2.86. The van der Waals surface area contributed by atoms with Crippen molar-refractivity contribution in [1.29, 1.82) is 0 Å². The molecular weight excluding hydrogens is 274 g/mol. The molecule has 4 nitrogen and oxygen atoms in total. The number of nitrogens with one attached hydrogen (secondary N) is 1. The van der Waals surface area contributed by atoms with Crippen molar-refractivity contribution in [1.82, 2.24) is 5.32 Å². The van der Waals surface area contributed by atoms with Crippen LogP contribution in [0.2, 0.25) is 0 Å². The summed E-state index contributed by atoms with van der Waals surface area (Å²) in [4.78, 5) is 0. The number of hydrogen-bond donors (Lipinski definition) is 1. The molecule has 1 aliphatic rings. The third kappa shape index (κ3) is 3.59. The minimum absolute atomic E-state index is 0.128. The fourth-order valence-electron chi connectivity index (χ4n) is 2.74. The van der Waals surface area contributed by atoms with Crippen molar-refractivity contribution < 1.29 is 13.2 Å². The van der Waals surface area contributed by atoms with Crippen LogP contribution < -0.4 is 5.32 Å². The Morgan fingerprint density at radius 3 is 2.60 bits per heavy atom. The summed E-state index contributed by atoms with van der Waals surface area (Å²) in [6.45, 7) is 5.12. The second-order valence-electron chi connectivity index (χ2n) is 5.25. The van der Waals surface area contributed by atoms with Gasteiger partial charge in [0.25, 0.3) is 0 Å². The predicted octanol–water partition coefficient (Wildman–Crippen LogP) is 1.93. The van der Waals surface area contributed by atoms with Gasteiger partial charge < -0.3 is 10.1 Å². The Labute approximate surface area is 121 Å². The lowest BCUT2D eigenvalue weighted by atomic mass is 10.1. The first-order valence-electron chi connectivity index (χ1n) is 7.16. The van der Waals surface area contributed by atoms with E-state index in [9.17, 15) is 8.42 Å². The molecule has 1 aromatic carbocycles. The number of sulfone groups is 1. The Morgan fingerprint density at radius 1 is 1.35 bits per heavy atom. The largest absolute Gasteiger partial charge is 0.377 e. The average molecular weight is 297 g/mol. The number of rotatable bonds is 6. The quantitative estimate of drug-likeness (QED) is 0.872. The Balaban J connectivity index is 2.15. The maximum absolute atomic E-state index is 12.6. The van der Waals surface area contributed by atoms with Gasteiger partial charge in [0.05, 0.1) is 17.1 Å². The van der Waals surface area contributed by atoms with Gasteiger partial charge in [-0.3, -0.25) is 0 Å². The summed E-state index contributed by atoms with van der Waals surface area (Å²) in [5.74, 6) is 0.128. The van der Waals surface area contributed by atoms with Crippen LogP contribution >= 0.6 is 0 Å². The minimum Gasteiger partial charge on any atom is -0.377 e. The van der Waals surface area contributed by atoms with Gasteiger partial charge in [0.2, 0.25) is 0 Å². The molecule has 0 bridgehead atoms. The molecule has 1 fully saturated rings.